The van der Waals surface area contributed by atoms with E-state index in [4.69, 9.17) is 0 Å². The summed E-state index contributed by atoms with van der Waals surface area (Å²) in [5.41, 5.74) is 18.4. The van der Waals surface area contributed by atoms with Crippen molar-refractivity contribution in [3.8, 4) is 0 Å². The minimum atomic E-state index is 0.124. The Hall–Kier alpha value is -4.24. The summed E-state index contributed by atoms with van der Waals surface area (Å²) in [6.07, 6.45) is 7.10. The zero-order chi connectivity index (χ0) is 29.6. The van der Waals surface area contributed by atoms with Crippen LogP contribution in [0.5, 0.6) is 0 Å². The first kappa shape index (κ1) is 25.0. The Morgan fingerprint density at radius 1 is 0.556 bits per heavy atom. The third kappa shape index (κ3) is 2.99. The number of fused-ring (bicyclic) bond motifs is 6. The fourth-order valence-electron chi connectivity index (χ4n) is 11.6. The Morgan fingerprint density at radius 3 is 1.98 bits per heavy atom. The highest BCUT2D eigenvalue weighted by atomic mass is 15.2. The van der Waals surface area contributed by atoms with Crippen LogP contribution in [0, 0.1) is 37.5 Å². The van der Waals surface area contributed by atoms with Gasteiger partial charge in [-0.2, -0.15) is 0 Å². The van der Waals surface area contributed by atoms with Crippen molar-refractivity contribution in [2.24, 2.45) is 23.7 Å². The molecule has 2 nitrogen and oxygen atoms in total. The van der Waals surface area contributed by atoms with E-state index < -0.39 is 0 Å². The first-order valence-electron chi connectivity index (χ1n) is 17.2. The predicted molar refractivity (Wildman–Crippen MR) is 188 cm³/mol. The van der Waals surface area contributed by atoms with E-state index in [0.29, 0.717) is 0 Å². The molecular formula is C42H37BN2. The van der Waals surface area contributed by atoms with E-state index in [1.165, 1.54) is 93.7 Å². The van der Waals surface area contributed by atoms with Gasteiger partial charge in [-0.3, -0.25) is 0 Å². The largest absolute Gasteiger partial charge is 0.311 e. The number of anilines is 6. The van der Waals surface area contributed by atoms with Crippen LogP contribution >= 0.6 is 0 Å². The van der Waals surface area contributed by atoms with Crippen molar-refractivity contribution >= 4 is 57.2 Å². The number of rotatable bonds is 1. The monoisotopic (exact) mass is 580 g/mol. The van der Waals surface area contributed by atoms with Crippen molar-refractivity contribution in [2.75, 3.05) is 9.80 Å². The molecule has 3 heterocycles. The van der Waals surface area contributed by atoms with E-state index in [1.54, 1.807) is 11.1 Å². The second kappa shape index (κ2) is 8.52. The lowest BCUT2D eigenvalue weighted by atomic mass is 9.32. The van der Waals surface area contributed by atoms with E-state index in [1.807, 2.05) is 0 Å². The summed E-state index contributed by atoms with van der Waals surface area (Å²) in [5.74, 6) is 3.36. The van der Waals surface area contributed by atoms with Gasteiger partial charge in [0.2, 0.25) is 0 Å². The summed E-state index contributed by atoms with van der Waals surface area (Å²) in [4.78, 5) is 5.22. The van der Waals surface area contributed by atoms with E-state index in [2.05, 4.69) is 127 Å². The first-order chi connectivity index (χ1) is 22.1. The molecule has 218 valence electrons. The molecule has 0 radical (unpaired) electrons. The van der Waals surface area contributed by atoms with E-state index in [0.717, 1.165) is 23.7 Å². The van der Waals surface area contributed by atoms with Gasteiger partial charge in [0.1, 0.15) is 0 Å². The lowest BCUT2D eigenvalue weighted by Gasteiger charge is -2.64. The molecule has 0 atom stereocenters. The summed E-state index contributed by atoms with van der Waals surface area (Å²) in [5, 5.41) is 0. The Labute approximate surface area is 266 Å². The molecule has 12 rings (SSSR count). The average Bonchev–Trinajstić information content (AvgIpc) is 3.05. The summed E-state index contributed by atoms with van der Waals surface area (Å²) in [7, 11) is 0. The minimum absolute atomic E-state index is 0.124. The Balaban J connectivity index is 1.24. The molecule has 0 unspecified atom stereocenters. The lowest BCUT2D eigenvalue weighted by molar-refractivity contribution is -0.0419. The number of aryl methyl sites for hydroxylation is 2. The van der Waals surface area contributed by atoms with Gasteiger partial charge >= 0.3 is 0 Å². The number of nitrogens with zero attached hydrogens (tertiary/aromatic N) is 2. The molecule has 45 heavy (non-hydrogen) atoms. The summed E-state index contributed by atoms with van der Waals surface area (Å²) in [6.45, 7) is 4.64. The first-order valence-corrected chi connectivity index (χ1v) is 17.2. The molecule has 0 saturated heterocycles. The quantitative estimate of drug-likeness (QED) is 0.180. The second-order valence-electron chi connectivity index (χ2n) is 15.1. The van der Waals surface area contributed by atoms with E-state index >= 15 is 0 Å². The molecule has 4 bridgehead atoms. The maximum Gasteiger partial charge on any atom is 0.252 e. The van der Waals surface area contributed by atoms with Crippen molar-refractivity contribution in [3.05, 3.63) is 125 Å². The third-order valence-corrected chi connectivity index (χ3v) is 12.9. The third-order valence-electron chi connectivity index (χ3n) is 12.9. The molecule has 1 spiro atoms. The number of benzene rings is 5. The van der Waals surface area contributed by atoms with Gasteiger partial charge in [0.15, 0.2) is 0 Å². The van der Waals surface area contributed by atoms with Crippen LogP contribution in [0.2, 0.25) is 0 Å². The van der Waals surface area contributed by atoms with Crippen LogP contribution in [0.25, 0.3) is 0 Å². The summed E-state index contributed by atoms with van der Waals surface area (Å²) in [6, 6.07) is 40.3. The van der Waals surface area contributed by atoms with Gasteiger partial charge < -0.3 is 9.80 Å². The van der Waals surface area contributed by atoms with Crippen LogP contribution in [0.3, 0.4) is 0 Å². The molecule has 3 heteroatoms. The number of hydrogen-bond acceptors (Lipinski definition) is 2. The fraction of sp³-hybridized carbons (Fsp3) is 0.286. The minimum Gasteiger partial charge on any atom is -0.311 e. The van der Waals surface area contributed by atoms with Crippen molar-refractivity contribution in [1.82, 2.24) is 0 Å². The average molecular weight is 581 g/mol. The molecule has 4 aliphatic carbocycles. The molecule has 4 saturated carbocycles. The smallest absolute Gasteiger partial charge is 0.252 e. The van der Waals surface area contributed by atoms with Gasteiger partial charge in [0.25, 0.3) is 6.71 Å². The van der Waals surface area contributed by atoms with Gasteiger partial charge in [-0.05, 0) is 134 Å². The number of hydrogen-bond donors (Lipinski definition) is 0. The standard InChI is InChI=1S/C42H37BN2/c1-25-13-16-31(17-14-25)44-37-18-15-26(2)19-35(37)43-34-9-5-8-33-41(34)45(39-12-6-11-38(44)40(39)43)36-10-4-3-7-32(36)42(33)29-21-27-20-28(23-29)24-30(42)22-27/h3-19,27-30H,20-24H2,1-2H3. The predicted octanol–water partition coefficient (Wildman–Crippen LogP) is 8.44. The van der Waals surface area contributed by atoms with Gasteiger partial charge in [-0.1, -0.05) is 77.9 Å². The topological polar surface area (TPSA) is 6.48 Å². The van der Waals surface area contributed by atoms with Crippen LogP contribution < -0.4 is 26.2 Å². The zero-order valence-electron chi connectivity index (χ0n) is 26.1. The van der Waals surface area contributed by atoms with Gasteiger partial charge in [0, 0.05) is 33.9 Å². The number of para-hydroxylation sites is 2. The summed E-state index contributed by atoms with van der Waals surface area (Å²) < 4.78 is 0. The van der Waals surface area contributed by atoms with Gasteiger partial charge in [0.05, 0.1) is 5.69 Å². The Kier molecular flexibility index (Phi) is 4.73. The highest BCUT2D eigenvalue weighted by Crippen LogP contribution is 2.69. The van der Waals surface area contributed by atoms with Crippen LogP contribution in [-0.4, -0.2) is 6.71 Å². The zero-order valence-corrected chi connectivity index (χ0v) is 26.1. The molecule has 4 fully saturated rings. The van der Waals surface area contributed by atoms with Crippen LogP contribution in [0.1, 0.15) is 54.4 Å². The molecule has 7 aliphatic rings. The molecule has 5 aromatic carbocycles. The fourth-order valence-corrected chi connectivity index (χ4v) is 11.6. The van der Waals surface area contributed by atoms with E-state index in [-0.39, 0.29) is 12.1 Å². The van der Waals surface area contributed by atoms with Crippen molar-refractivity contribution < 1.29 is 0 Å². The van der Waals surface area contributed by atoms with Gasteiger partial charge in [-0.15, -0.1) is 0 Å². The highest BCUT2D eigenvalue weighted by molar-refractivity contribution is 7.00. The Bertz CT molecular complexity index is 2050. The molecule has 5 aromatic rings. The second-order valence-corrected chi connectivity index (χ2v) is 15.1. The molecule has 0 amide bonds. The molecule has 0 N–H and O–H groups in total. The van der Waals surface area contributed by atoms with Crippen LogP contribution in [-0.2, 0) is 5.41 Å². The maximum absolute atomic E-state index is 2.69. The Morgan fingerprint density at radius 2 is 1.20 bits per heavy atom. The van der Waals surface area contributed by atoms with Crippen molar-refractivity contribution in [1.29, 1.82) is 0 Å². The van der Waals surface area contributed by atoms with Gasteiger partial charge in [-0.25, -0.2) is 0 Å². The normalized spacial score (nSPS) is 27.3. The van der Waals surface area contributed by atoms with E-state index in [9.17, 15) is 0 Å². The lowest BCUT2D eigenvalue weighted by Crippen LogP contribution is -2.64. The van der Waals surface area contributed by atoms with Crippen LogP contribution in [0.15, 0.2) is 103 Å². The highest BCUT2D eigenvalue weighted by Gasteiger charge is 2.62. The molecule has 3 aliphatic heterocycles. The SMILES string of the molecule is Cc1ccc(N2c3ccc(C)cc3B3c4cccc5c4N(c4ccccc4C54C5CC6CC(C5)CC4C6)c4cccc2c43)cc1. The van der Waals surface area contributed by atoms with Crippen LogP contribution in [0.4, 0.5) is 34.1 Å². The molecular weight excluding hydrogens is 543 g/mol. The van der Waals surface area contributed by atoms with Crippen molar-refractivity contribution in [3.63, 3.8) is 0 Å². The molecule has 0 aromatic heterocycles. The maximum atomic E-state index is 2.69. The van der Waals surface area contributed by atoms with Crippen molar-refractivity contribution in [2.45, 2.75) is 51.4 Å². The summed E-state index contributed by atoms with van der Waals surface area (Å²) >= 11 is 0.